The Morgan fingerprint density at radius 3 is 2.68 bits per heavy atom. The molecule has 2 rings (SSSR count). The molecule has 0 saturated carbocycles. The van der Waals surface area contributed by atoms with Crippen LogP contribution >= 0.6 is 23.4 Å². The van der Waals surface area contributed by atoms with Gasteiger partial charge in [-0.2, -0.15) is 16.9 Å². The zero-order chi connectivity index (χ0) is 14.3. The third-order valence-corrected chi connectivity index (χ3v) is 5.84. The normalized spacial score (nSPS) is 26.6. The Labute approximate surface area is 124 Å². The molecule has 0 spiro atoms. The first-order valence-electron chi connectivity index (χ1n) is 6.78. The van der Waals surface area contributed by atoms with E-state index in [0.717, 1.165) is 35.9 Å². The van der Waals surface area contributed by atoms with Crippen molar-refractivity contribution in [1.29, 1.82) is 0 Å². The molecule has 0 aliphatic carbocycles. The van der Waals surface area contributed by atoms with Crippen LogP contribution in [0.1, 0.15) is 38.6 Å². The molecule has 2 heterocycles. The molecular formula is C14H23ClN2OS. The average molecular weight is 303 g/mol. The number of aryl methyl sites for hydroxylation is 2. The Morgan fingerprint density at radius 1 is 1.42 bits per heavy atom. The molecule has 3 nitrogen and oxygen atoms in total. The van der Waals surface area contributed by atoms with Gasteiger partial charge in [0.15, 0.2) is 0 Å². The SMILES string of the molecule is CCn1nc(C)c(Cl)c1CC1(O)CSCC(C)(C)C1. The lowest BCUT2D eigenvalue weighted by Crippen LogP contribution is -2.44. The lowest BCUT2D eigenvalue weighted by Gasteiger charge is -2.41. The molecule has 1 aromatic heterocycles. The van der Waals surface area contributed by atoms with Crippen molar-refractivity contribution >= 4 is 23.4 Å². The van der Waals surface area contributed by atoms with Crippen LogP contribution in [0.5, 0.6) is 0 Å². The van der Waals surface area contributed by atoms with Crippen LogP contribution in [0, 0.1) is 12.3 Å². The molecule has 108 valence electrons. The Hall–Kier alpha value is -0.190. The monoisotopic (exact) mass is 302 g/mol. The molecule has 1 aromatic rings. The highest BCUT2D eigenvalue weighted by Gasteiger charge is 2.40. The number of hydrogen-bond acceptors (Lipinski definition) is 3. The molecule has 1 N–H and O–H groups in total. The number of nitrogens with zero attached hydrogens (tertiary/aromatic N) is 2. The largest absolute Gasteiger partial charge is 0.389 e. The van der Waals surface area contributed by atoms with Crippen LogP contribution in [0.4, 0.5) is 0 Å². The molecule has 19 heavy (non-hydrogen) atoms. The third-order valence-electron chi connectivity index (χ3n) is 3.62. The molecule has 1 fully saturated rings. The maximum absolute atomic E-state index is 10.9. The molecule has 1 unspecified atom stereocenters. The van der Waals surface area contributed by atoms with E-state index in [9.17, 15) is 5.11 Å². The lowest BCUT2D eigenvalue weighted by molar-refractivity contribution is 0.0183. The van der Waals surface area contributed by atoms with Gasteiger partial charge >= 0.3 is 0 Å². The predicted octanol–water partition coefficient (Wildman–Crippen LogP) is 3.30. The maximum atomic E-state index is 10.9. The molecule has 0 radical (unpaired) electrons. The summed E-state index contributed by atoms with van der Waals surface area (Å²) in [6, 6.07) is 0. The van der Waals surface area contributed by atoms with Gasteiger partial charge in [0.25, 0.3) is 0 Å². The molecule has 1 aliphatic rings. The van der Waals surface area contributed by atoms with Crippen molar-refractivity contribution < 1.29 is 5.11 Å². The van der Waals surface area contributed by atoms with Gasteiger partial charge in [0.2, 0.25) is 0 Å². The second kappa shape index (κ2) is 5.30. The molecule has 1 aliphatic heterocycles. The Balaban J connectivity index is 2.25. The summed E-state index contributed by atoms with van der Waals surface area (Å²) >= 11 is 8.18. The van der Waals surface area contributed by atoms with E-state index in [1.54, 1.807) is 0 Å². The Bertz CT molecular complexity index is 472. The molecule has 0 bridgehead atoms. The zero-order valence-electron chi connectivity index (χ0n) is 12.2. The van der Waals surface area contributed by atoms with Crippen molar-refractivity contribution in [3.05, 3.63) is 16.4 Å². The number of aromatic nitrogens is 2. The summed E-state index contributed by atoms with van der Waals surface area (Å²) < 4.78 is 1.92. The summed E-state index contributed by atoms with van der Waals surface area (Å²) in [6.07, 6.45) is 1.41. The molecule has 5 heteroatoms. The van der Waals surface area contributed by atoms with Crippen molar-refractivity contribution in [2.45, 2.75) is 52.7 Å². The van der Waals surface area contributed by atoms with Gasteiger partial charge in [0, 0.05) is 18.7 Å². The number of aliphatic hydroxyl groups is 1. The van der Waals surface area contributed by atoms with Gasteiger partial charge in [0.1, 0.15) is 0 Å². The van der Waals surface area contributed by atoms with Gasteiger partial charge in [-0.1, -0.05) is 25.4 Å². The summed E-state index contributed by atoms with van der Waals surface area (Å²) in [5.41, 5.74) is 1.33. The van der Waals surface area contributed by atoms with Crippen LogP contribution in [0.25, 0.3) is 0 Å². The van der Waals surface area contributed by atoms with Crippen molar-refractivity contribution in [2.24, 2.45) is 5.41 Å². The molecule has 0 amide bonds. The summed E-state index contributed by atoms with van der Waals surface area (Å²) in [4.78, 5) is 0. The second-order valence-corrected chi connectivity index (χ2v) is 7.76. The van der Waals surface area contributed by atoms with E-state index >= 15 is 0 Å². The van der Waals surface area contributed by atoms with Crippen molar-refractivity contribution in [1.82, 2.24) is 9.78 Å². The highest BCUT2D eigenvalue weighted by Crippen LogP contribution is 2.41. The Morgan fingerprint density at radius 2 is 2.11 bits per heavy atom. The standard InChI is InChI=1S/C14H23ClN2OS/c1-5-17-11(12(15)10(2)16-17)6-14(18)7-13(3,4)8-19-9-14/h18H,5-9H2,1-4H3. The van der Waals surface area contributed by atoms with Gasteiger partial charge in [-0.05, 0) is 31.4 Å². The fraction of sp³-hybridized carbons (Fsp3) is 0.786. The van der Waals surface area contributed by atoms with Crippen molar-refractivity contribution in [3.8, 4) is 0 Å². The molecule has 1 saturated heterocycles. The number of rotatable bonds is 3. The van der Waals surface area contributed by atoms with E-state index in [1.165, 1.54) is 0 Å². The van der Waals surface area contributed by atoms with Gasteiger partial charge < -0.3 is 5.11 Å². The quantitative estimate of drug-likeness (QED) is 0.931. The summed E-state index contributed by atoms with van der Waals surface area (Å²) in [6.45, 7) is 9.19. The number of thioether (sulfide) groups is 1. The van der Waals surface area contributed by atoms with E-state index in [-0.39, 0.29) is 5.41 Å². The van der Waals surface area contributed by atoms with E-state index in [4.69, 9.17) is 11.6 Å². The van der Waals surface area contributed by atoms with Crippen LogP contribution in [-0.4, -0.2) is 32.0 Å². The maximum Gasteiger partial charge on any atom is 0.0848 e. The first-order chi connectivity index (χ1) is 8.76. The van der Waals surface area contributed by atoms with E-state index in [1.807, 2.05) is 23.4 Å². The first kappa shape index (κ1) is 15.2. The number of halogens is 1. The van der Waals surface area contributed by atoms with Crippen LogP contribution in [0.15, 0.2) is 0 Å². The first-order valence-corrected chi connectivity index (χ1v) is 8.31. The smallest absolute Gasteiger partial charge is 0.0848 e. The highest BCUT2D eigenvalue weighted by molar-refractivity contribution is 7.99. The van der Waals surface area contributed by atoms with Gasteiger partial charge in [0.05, 0.1) is 22.0 Å². The van der Waals surface area contributed by atoms with Gasteiger partial charge in [-0.15, -0.1) is 0 Å². The average Bonchev–Trinajstić information content (AvgIpc) is 2.54. The van der Waals surface area contributed by atoms with Crippen LogP contribution in [0.3, 0.4) is 0 Å². The minimum absolute atomic E-state index is 0.177. The topological polar surface area (TPSA) is 38.0 Å². The van der Waals surface area contributed by atoms with Crippen LogP contribution < -0.4 is 0 Å². The lowest BCUT2D eigenvalue weighted by atomic mass is 9.80. The van der Waals surface area contributed by atoms with E-state index in [0.29, 0.717) is 11.4 Å². The van der Waals surface area contributed by atoms with Crippen molar-refractivity contribution in [3.63, 3.8) is 0 Å². The molecule has 1 atom stereocenters. The Kier molecular flexibility index (Phi) is 4.24. The minimum atomic E-state index is -0.671. The number of hydrogen-bond donors (Lipinski definition) is 1. The van der Waals surface area contributed by atoms with E-state index < -0.39 is 5.60 Å². The summed E-state index contributed by atoms with van der Waals surface area (Å²) in [5, 5.41) is 16.0. The minimum Gasteiger partial charge on any atom is -0.389 e. The van der Waals surface area contributed by atoms with Crippen LogP contribution in [0.2, 0.25) is 5.02 Å². The summed E-state index contributed by atoms with van der Waals surface area (Å²) in [7, 11) is 0. The van der Waals surface area contributed by atoms with E-state index in [2.05, 4.69) is 25.9 Å². The molecule has 0 aromatic carbocycles. The second-order valence-electron chi connectivity index (χ2n) is 6.40. The summed E-state index contributed by atoms with van der Waals surface area (Å²) in [5.74, 6) is 1.88. The van der Waals surface area contributed by atoms with Crippen molar-refractivity contribution in [2.75, 3.05) is 11.5 Å². The van der Waals surface area contributed by atoms with Gasteiger partial charge in [-0.3, -0.25) is 4.68 Å². The third kappa shape index (κ3) is 3.29. The van der Waals surface area contributed by atoms with Gasteiger partial charge in [-0.25, -0.2) is 0 Å². The fourth-order valence-electron chi connectivity index (χ4n) is 2.97. The van der Waals surface area contributed by atoms with Crippen LogP contribution in [-0.2, 0) is 13.0 Å². The molecular weight excluding hydrogens is 280 g/mol. The predicted molar refractivity (Wildman–Crippen MR) is 82.0 cm³/mol. The fourth-order valence-corrected chi connectivity index (χ4v) is 4.52. The highest BCUT2D eigenvalue weighted by atomic mass is 35.5. The zero-order valence-corrected chi connectivity index (χ0v) is 13.7.